The number of hydrogen-bond acceptors (Lipinski definition) is 5. The Hall–Kier alpha value is -2.81. The van der Waals surface area contributed by atoms with E-state index in [0.29, 0.717) is 16.2 Å². The summed E-state index contributed by atoms with van der Waals surface area (Å²) in [7, 11) is 0. The molecule has 23 heavy (non-hydrogen) atoms. The smallest absolute Gasteiger partial charge is 0.291 e. The topological polar surface area (TPSA) is 107 Å². The molecule has 2 heterocycles. The van der Waals surface area contributed by atoms with E-state index in [2.05, 4.69) is 30.6 Å². The van der Waals surface area contributed by atoms with E-state index in [-0.39, 0.29) is 11.2 Å². The lowest BCUT2D eigenvalue weighted by atomic mass is 10.2. The van der Waals surface area contributed by atoms with Crippen LogP contribution in [0.4, 0.5) is 11.4 Å². The highest BCUT2D eigenvalue weighted by Gasteiger charge is 2.07. The van der Waals surface area contributed by atoms with Gasteiger partial charge in [0.25, 0.3) is 5.56 Å². The van der Waals surface area contributed by atoms with Gasteiger partial charge >= 0.3 is 0 Å². The summed E-state index contributed by atoms with van der Waals surface area (Å²) in [5, 5.41) is 20.3. The van der Waals surface area contributed by atoms with Crippen LogP contribution in [0.2, 0.25) is 0 Å². The van der Waals surface area contributed by atoms with E-state index in [1.807, 2.05) is 35.8 Å². The van der Waals surface area contributed by atoms with E-state index >= 15 is 0 Å². The molecule has 0 bridgehead atoms. The van der Waals surface area contributed by atoms with Crippen molar-refractivity contribution in [3.05, 3.63) is 45.1 Å². The first-order valence-electron chi connectivity index (χ1n) is 7.04. The minimum absolute atomic E-state index is 0.279. The van der Waals surface area contributed by atoms with Crippen LogP contribution < -0.4 is 5.56 Å². The van der Waals surface area contributed by atoms with Crippen LogP contribution in [0.15, 0.2) is 39.3 Å². The van der Waals surface area contributed by atoms with E-state index in [1.54, 1.807) is 6.92 Å². The number of nitrogens with zero attached hydrogens (tertiary/aromatic N) is 4. The third-order valence-electron chi connectivity index (χ3n) is 3.40. The molecule has 3 N–H and O–H groups in total. The van der Waals surface area contributed by atoms with Crippen molar-refractivity contribution in [1.82, 2.24) is 25.0 Å². The average molecular weight is 329 g/mol. The third-order valence-corrected chi connectivity index (χ3v) is 3.71. The van der Waals surface area contributed by atoms with Gasteiger partial charge in [0.05, 0.1) is 11.4 Å². The molecule has 3 rings (SSSR count). The summed E-state index contributed by atoms with van der Waals surface area (Å²) >= 11 is 5.19. The Kier molecular flexibility index (Phi) is 4.02. The third kappa shape index (κ3) is 2.90. The van der Waals surface area contributed by atoms with Crippen molar-refractivity contribution in [2.75, 3.05) is 0 Å². The molecule has 8 nitrogen and oxygen atoms in total. The predicted octanol–water partition coefficient (Wildman–Crippen LogP) is 3.37. The van der Waals surface area contributed by atoms with Crippen LogP contribution in [-0.2, 0) is 6.54 Å². The van der Waals surface area contributed by atoms with E-state index in [1.165, 1.54) is 0 Å². The van der Waals surface area contributed by atoms with Gasteiger partial charge in [-0.25, -0.2) is 0 Å². The molecule has 0 aliphatic carbocycles. The van der Waals surface area contributed by atoms with Gasteiger partial charge in [-0.15, -0.1) is 5.11 Å². The molecular weight excluding hydrogens is 314 g/mol. The zero-order valence-corrected chi connectivity index (χ0v) is 13.4. The molecule has 0 spiro atoms. The number of azo groups is 1. The molecule has 3 aromatic rings. The van der Waals surface area contributed by atoms with Gasteiger partial charge in [-0.3, -0.25) is 15.0 Å². The number of H-pyrrole nitrogens is 3. The summed E-state index contributed by atoms with van der Waals surface area (Å²) in [5.41, 5.74) is 2.20. The molecule has 118 valence electrons. The quantitative estimate of drug-likeness (QED) is 0.504. The lowest BCUT2D eigenvalue weighted by Crippen LogP contribution is -1.97. The summed E-state index contributed by atoms with van der Waals surface area (Å²) in [6.07, 6.45) is 0. The molecule has 0 aliphatic heterocycles. The standard InChI is InChI=1S/C14H15N7OS/c1-3-21-12(18-20-14(21)23)9-4-6-10(7-5-9)16-17-11-8(2)15-19-13(11)22/h4-7H,3H2,1-2H3,(H,20,23)(H2,15,19,22). The number of benzene rings is 1. The fourth-order valence-electron chi connectivity index (χ4n) is 2.18. The van der Waals surface area contributed by atoms with Crippen LogP contribution in [0.25, 0.3) is 11.4 Å². The van der Waals surface area contributed by atoms with Crippen molar-refractivity contribution in [3.8, 4) is 11.4 Å². The first kappa shape index (κ1) is 15.1. The van der Waals surface area contributed by atoms with Gasteiger partial charge in [0.15, 0.2) is 16.3 Å². The van der Waals surface area contributed by atoms with Crippen molar-refractivity contribution in [2.45, 2.75) is 20.4 Å². The lowest BCUT2D eigenvalue weighted by Gasteiger charge is -2.03. The molecule has 2 aromatic heterocycles. The molecule has 0 atom stereocenters. The maximum absolute atomic E-state index is 11.5. The van der Waals surface area contributed by atoms with Crippen molar-refractivity contribution < 1.29 is 0 Å². The van der Waals surface area contributed by atoms with Crippen LogP contribution in [0, 0.1) is 11.7 Å². The van der Waals surface area contributed by atoms with E-state index in [4.69, 9.17) is 12.2 Å². The first-order chi connectivity index (χ1) is 11.1. The van der Waals surface area contributed by atoms with E-state index in [0.717, 1.165) is 17.9 Å². The monoisotopic (exact) mass is 329 g/mol. The van der Waals surface area contributed by atoms with Crippen molar-refractivity contribution in [3.63, 3.8) is 0 Å². The minimum atomic E-state index is -0.290. The SMILES string of the molecule is CCn1c(-c2ccc(N=Nc3c(C)[nH][nH]c3=O)cc2)n[nH]c1=S. The number of hydrogen-bond donors (Lipinski definition) is 3. The fraction of sp³-hybridized carbons (Fsp3) is 0.214. The van der Waals surface area contributed by atoms with Gasteiger partial charge in [-0.2, -0.15) is 10.2 Å². The zero-order chi connectivity index (χ0) is 16.4. The van der Waals surface area contributed by atoms with Crippen LogP contribution in [-0.4, -0.2) is 25.0 Å². The molecule has 0 aliphatic rings. The summed E-state index contributed by atoms with van der Waals surface area (Å²) < 4.78 is 2.50. The first-order valence-corrected chi connectivity index (χ1v) is 7.45. The number of aromatic nitrogens is 5. The van der Waals surface area contributed by atoms with Gasteiger partial charge in [0.2, 0.25) is 0 Å². The number of nitrogens with one attached hydrogen (secondary N) is 3. The van der Waals surface area contributed by atoms with Gasteiger partial charge in [-0.1, -0.05) is 0 Å². The van der Waals surface area contributed by atoms with E-state index < -0.39 is 0 Å². The van der Waals surface area contributed by atoms with E-state index in [9.17, 15) is 4.79 Å². The number of rotatable bonds is 4. The molecule has 1 aromatic carbocycles. The van der Waals surface area contributed by atoms with Crippen molar-refractivity contribution >= 4 is 23.6 Å². The average Bonchev–Trinajstić information content (AvgIpc) is 3.08. The van der Waals surface area contributed by atoms with Gasteiger partial charge in [-0.05, 0) is 50.3 Å². The highest BCUT2D eigenvalue weighted by Crippen LogP contribution is 2.22. The Morgan fingerprint density at radius 3 is 2.57 bits per heavy atom. The molecule has 0 saturated carbocycles. The molecule has 9 heteroatoms. The van der Waals surface area contributed by atoms with Crippen molar-refractivity contribution in [1.29, 1.82) is 0 Å². The summed E-state index contributed by atoms with van der Waals surface area (Å²) in [6.45, 7) is 4.50. The molecular formula is C14H15N7OS. The second kappa shape index (κ2) is 6.13. The molecule has 0 saturated heterocycles. The van der Waals surface area contributed by atoms with Crippen LogP contribution in [0.1, 0.15) is 12.6 Å². The van der Waals surface area contributed by atoms with Crippen LogP contribution >= 0.6 is 12.2 Å². The molecule has 0 radical (unpaired) electrons. The zero-order valence-electron chi connectivity index (χ0n) is 12.6. The summed E-state index contributed by atoms with van der Waals surface area (Å²) in [6, 6.07) is 7.40. The largest absolute Gasteiger partial charge is 0.300 e. The second-order valence-corrected chi connectivity index (χ2v) is 5.28. The van der Waals surface area contributed by atoms with Gasteiger partial charge in [0.1, 0.15) is 0 Å². The Morgan fingerprint density at radius 2 is 1.96 bits per heavy atom. The minimum Gasteiger partial charge on any atom is -0.300 e. The lowest BCUT2D eigenvalue weighted by molar-refractivity contribution is 0.755. The Balaban J connectivity index is 1.88. The maximum atomic E-state index is 11.5. The Morgan fingerprint density at radius 1 is 1.22 bits per heavy atom. The normalized spacial score (nSPS) is 11.4. The maximum Gasteiger partial charge on any atom is 0.291 e. The van der Waals surface area contributed by atoms with Crippen molar-refractivity contribution in [2.24, 2.45) is 10.2 Å². The molecule has 0 amide bonds. The Labute approximate surface area is 136 Å². The van der Waals surface area contributed by atoms with Gasteiger partial charge in [0, 0.05) is 12.1 Å². The Bertz CT molecular complexity index is 958. The summed E-state index contributed by atoms with van der Waals surface area (Å²) in [4.78, 5) is 11.5. The number of aromatic amines is 3. The fourth-order valence-corrected chi connectivity index (χ4v) is 2.44. The van der Waals surface area contributed by atoms with Crippen LogP contribution in [0.5, 0.6) is 0 Å². The number of aryl methyl sites for hydroxylation is 1. The highest BCUT2D eigenvalue weighted by molar-refractivity contribution is 7.71. The second-order valence-electron chi connectivity index (χ2n) is 4.90. The van der Waals surface area contributed by atoms with Gasteiger partial charge < -0.3 is 9.67 Å². The summed E-state index contributed by atoms with van der Waals surface area (Å²) in [5.74, 6) is 0.777. The predicted molar refractivity (Wildman–Crippen MR) is 88.8 cm³/mol. The highest BCUT2D eigenvalue weighted by atomic mass is 32.1. The molecule has 0 unspecified atom stereocenters. The van der Waals surface area contributed by atoms with Crippen LogP contribution in [0.3, 0.4) is 0 Å². The molecule has 0 fully saturated rings.